The fraction of sp³-hybridized carbons (Fsp3) is 0. The van der Waals surface area contributed by atoms with Crippen molar-refractivity contribution in [2.45, 2.75) is 0 Å². The number of aromatic hydroxyl groups is 1. The largest absolute Gasteiger partial charge is 0.501 e. The Bertz CT molecular complexity index is 693. The maximum Gasteiger partial charge on any atom is 0.244 e. The van der Waals surface area contributed by atoms with Crippen LogP contribution in [0.15, 0.2) is 24.5 Å². The number of nitrogens with one attached hydrogen (secondary N) is 1. The van der Waals surface area contributed by atoms with Gasteiger partial charge in [-0.1, -0.05) is 23.8 Å². The molecule has 0 atom stereocenters. The van der Waals surface area contributed by atoms with Crippen LogP contribution < -0.4 is 4.74 Å². The fourth-order valence-electron chi connectivity index (χ4n) is 1.22. The predicted octanol–water partition coefficient (Wildman–Crippen LogP) is 3.16. The lowest BCUT2D eigenvalue weighted by atomic mass is 10.2. The Morgan fingerprint density at radius 1 is 1.50 bits per heavy atom. The monoisotopic (exact) mass is 279 g/mol. The van der Waals surface area contributed by atoms with Crippen LogP contribution >= 0.6 is 23.8 Å². The predicted molar refractivity (Wildman–Crippen MR) is 67.3 cm³/mol. The molecule has 0 amide bonds. The van der Waals surface area contributed by atoms with E-state index >= 15 is 0 Å². The van der Waals surface area contributed by atoms with Crippen LogP contribution in [0, 0.1) is 16.0 Å². The van der Waals surface area contributed by atoms with Crippen LogP contribution in [0.5, 0.6) is 17.4 Å². The zero-order valence-electron chi connectivity index (χ0n) is 8.85. The number of H-pyrrole nitrogens is 1. The van der Waals surface area contributed by atoms with Crippen molar-refractivity contribution in [2.24, 2.45) is 0 Å². The topological polar surface area (TPSA) is 81.9 Å². The second-order valence-corrected chi connectivity index (χ2v) is 4.04. The molecule has 0 saturated carbocycles. The van der Waals surface area contributed by atoms with Crippen LogP contribution in [0.3, 0.4) is 0 Å². The molecule has 0 aliphatic carbocycles. The maximum absolute atomic E-state index is 9.63. The molecule has 1 aromatic carbocycles. The summed E-state index contributed by atoms with van der Waals surface area (Å²) in [6.07, 6.45) is 1.30. The Kier molecular flexibility index (Phi) is 3.46. The minimum Gasteiger partial charge on any atom is -0.501 e. The fourth-order valence-corrected chi connectivity index (χ4v) is 1.58. The van der Waals surface area contributed by atoms with Gasteiger partial charge in [-0.05, 0) is 18.2 Å². The average molecular weight is 280 g/mol. The molecule has 0 saturated heterocycles. The van der Waals surface area contributed by atoms with Crippen molar-refractivity contribution in [3.05, 3.63) is 39.8 Å². The number of hydrogen-bond acceptors (Lipinski definition) is 5. The summed E-state index contributed by atoms with van der Waals surface area (Å²) >= 11 is 10.7. The van der Waals surface area contributed by atoms with E-state index in [1.807, 2.05) is 6.07 Å². The van der Waals surface area contributed by atoms with Gasteiger partial charge in [0.25, 0.3) is 0 Å². The molecule has 18 heavy (non-hydrogen) atoms. The Labute approximate surface area is 112 Å². The molecule has 0 spiro atoms. The van der Waals surface area contributed by atoms with Crippen molar-refractivity contribution in [3.63, 3.8) is 0 Å². The number of halogens is 1. The van der Waals surface area contributed by atoms with Gasteiger partial charge in [-0.15, -0.1) is 0 Å². The van der Waals surface area contributed by atoms with E-state index in [1.165, 1.54) is 18.5 Å². The summed E-state index contributed by atoms with van der Waals surface area (Å²) in [5, 5.41) is 18.6. The van der Waals surface area contributed by atoms with Gasteiger partial charge in [-0.3, -0.25) is 0 Å². The number of aromatic nitrogens is 2. The molecule has 2 N–H and O–H groups in total. The van der Waals surface area contributed by atoms with Crippen LogP contribution in [-0.4, -0.2) is 15.1 Å². The van der Waals surface area contributed by atoms with Gasteiger partial charge < -0.3 is 14.8 Å². The molecule has 0 radical (unpaired) electrons. The number of ether oxygens (including phenoxy) is 1. The lowest BCUT2D eigenvalue weighted by Crippen LogP contribution is -1.91. The first kappa shape index (κ1) is 12.4. The van der Waals surface area contributed by atoms with Gasteiger partial charge in [0, 0.05) is 0 Å². The van der Waals surface area contributed by atoms with Gasteiger partial charge >= 0.3 is 0 Å². The molecule has 0 unspecified atom stereocenters. The standard InChI is InChI=1S/C11H6ClN3O2S/c12-7-3-6(4-13)1-2-8(7)17-10-9(16)11(18)15-5-14-10/h1-3,5,16H,(H,14,15,18). The summed E-state index contributed by atoms with van der Waals surface area (Å²) in [7, 11) is 0. The second kappa shape index (κ2) is 5.04. The van der Waals surface area contributed by atoms with E-state index in [9.17, 15) is 5.11 Å². The van der Waals surface area contributed by atoms with Crippen molar-refractivity contribution in [3.8, 4) is 23.4 Å². The molecule has 90 valence electrons. The molecule has 0 fully saturated rings. The first-order valence-electron chi connectivity index (χ1n) is 4.76. The molecule has 1 aromatic heterocycles. The molecule has 7 heteroatoms. The third-order valence-electron chi connectivity index (χ3n) is 2.07. The SMILES string of the molecule is N#Cc1ccc(Oc2[nH]cnc(=S)c2O)c(Cl)c1. The average Bonchev–Trinajstić information content (AvgIpc) is 2.37. The normalized spacial score (nSPS) is 9.78. The number of rotatable bonds is 2. The number of aromatic amines is 1. The van der Waals surface area contributed by atoms with Crippen LogP contribution in [0.4, 0.5) is 0 Å². The molecular weight excluding hydrogens is 274 g/mol. The van der Waals surface area contributed by atoms with Gasteiger partial charge in [0.05, 0.1) is 23.0 Å². The van der Waals surface area contributed by atoms with Gasteiger partial charge in [-0.2, -0.15) is 5.26 Å². The van der Waals surface area contributed by atoms with Crippen molar-refractivity contribution in [1.29, 1.82) is 5.26 Å². The highest BCUT2D eigenvalue weighted by Gasteiger charge is 2.09. The van der Waals surface area contributed by atoms with Gasteiger partial charge in [-0.25, -0.2) is 4.98 Å². The second-order valence-electron chi connectivity index (χ2n) is 3.24. The summed E-state index contributed by atoms with van der Waals surface area (Å²) < 4.78 is 5.39. The molecular formula is C11H6ClN3O2S. The lowest BCUT2D eigenvalue weighted by molar-refractivity contribution is 0.393. The molecule has 1 heterocycles. The molecule has 0 bridgehead atoms. The Morgan fingerprint density at radius 3 is 2.94 bits per heavy atom. The third-order valence-corrected chi connectivity index (χ3v) is 2.66. The lowest BCUT2D eigenvalue weighted by Gasteiger charge is -2.08. The highest BCUT2D eigenvalue weighted by Crippen LogP contribution is 2.33. The van der Waals surface area contributed by atoms with E-state index in [0.717, 1.165) is 0 Å². The first-order valence-corrected chi connectivity index (χ1v) is 5.54. The van der Waals surface area contributed by atoms with Crippen molar-refractivity contribution >= 4 is 23.8 Å². The molecule has 0 aliphatic rings. The third kappa shape index (κ3) is 2.42. The highest BCUT2D eigenvalue weighted by molar-refractivity contribution is 7.71. The molecule has 0 aliphatic heterocycles. The Balaban J connectivity index is 2.38. The zero-order valence-corrected chi connectivity index (χ0v) is 10.4. The number of nitriles is 1. The van der Waals surface area contributed by atoms with E-state index in [4.69, 9.17) is 33.8 Å². The minimum absolute atomic E-state index is 0.0218. The number of nitrogens with zero attached hydrogens (tertiary/aromatic N) is 2. The van der Waals surface area contributed by atoms with Crippen molar-refractivity contribution < 1.29 is 9.84 Å². The van der Waals surface area contributed by atoms with Gasteiger partial charge in [0.15, 0.2) is 4.64 Å². The maximum atomic E-state index is 9.63. The summed E-state index contributed by atoms with van der Waals surface area (Å²) in [4.78, 5) is 6.29. The van der Waals surface area contributed by atoms with Gasteiger partial charge in [0.1, 0.15) is 5.75 Å². The van der Waals surface area contributed by atoms with Crippen molar-refractivity contribution in [1.82, 2.24) is 9.97 Å². The van der Waals surface area contributed by atoms with E-state index in [-0.39, 0.29) is 21.3 Å². The number of hydrogen-bond donors (Lipinski definition) is 2. The Hall–Kier alpha value is -2.10. The zero-order chi connectivity index (χ0) is 13.1. The van der Waals surface area contributed by atoms with Crippen molar-refractivity contribution in [2.75, 3.05) is 0 Å². The summed E-state index contributed by atoms with van der Waals surface area (Å²) in [6.45, 7) is 0. The smallest absolute Gasteiger partial charge is 0.244 e. The van der Waals surface area contributed by atoms with Crippen LogP contribution in [0.1, 0.15) is 5.56 Å². The summed E-state index contributed by atoms with van der Waals surface area (Å²) in [5.74, 6) is 0.0670. The first-order chi connectivity index (χ1) is 8.61. The van der Waals surface area contributed by atoms with Crippen LogP contribution in [0.25, 0.3) is 0 Å². The summed E-state index contributed by atoms with van der Waals surface area (Å²) in [5.41, 5.74) is 0.416. The van der Waals surface area contributed by atoms with E-state index < -0.39 is 0 Å². The van der Waals surface area contributed by atoms with Crippen LogP contribution in [0.2, 0.25) is 5.02 Å². The van der Waals surface area contributed by atoms with Gasteiger partial charge in [0.2, 0.25) is 11.6 Å². The molecule has 2 rings (SSSR count). The minimum atomic E-state index is -0.270. The Morgan fingerprint density at radius 2 is 2.28 bits per heavy atom. The number of benzene rings is 1. The van der Waals surface area contributed by atoms with E-state index in [2.05, 4.69) is 9.97 Å². The molecule has 5 nitrogen and oxygen atoms in total. The summed E-state index contributed by atoms with van der Waals surface area (Å²) in [6, 6.07) is 6.49. The highest BCUT2D eigenvalue weighted by atomic mass is 35.5. The van der Waals surface area contributed by atoms with E-state index in [0.29, 0.717) is 11.3 Å². The van der Waals surface area contributed by atoms with E-state index in [1.54, 1.807) is 6.07 Å². The molecule has 2 aromatic rings. The van der Waals surface area contributed by atoms with Crippen LogP contribution in [-0.2, 0) is 0 Å². The quantitative estimate of drug-likeness (QED) is 0.825.